The maximum absolute atomic E-state index is 13.0. The Balaban J connectivity index is 1.82. The molecule has 0 fully saturated rings. The monoisotopic (exact) mass is 443 g/mol. The molecule has 8 nitrogen and oxygen atoms in total. The van der Waals surface area contributed by atoms with Gasteiger partial charge in [0.15, 0.2) is 0 Å². The summed E-state index contributed by atoms with van der Waals surface area (Å²) in [6.45, 7) is 3.60. The number of sulfonamides is 1. The van der Waals surface area contributed by atoms with E-state index in [0.29, 0.717) is 0 Å². The number of ketones is 1. The summed E-state index contributed by atoms with van der Waals surface area (Å²) in [4.78, 5) is 37.9. The van der Waals surface area contributed by atoms with Crippen molar-refractivity contribution in [3.05, 3.63) is 65.7 Å². The number of hydrogen-bond donors (Lipinski definition) is 3. The lowest BCUT2D eigenvalue weighted by Gasteiger charge is -2.24. The van der Waals surface area contributed by atoms with Crippen LogP contribution >= 0.6 is 0 Å². The molecule has 164 valence electrons. The minimum absolute atomic E-state index is 0.0307. The van der Waals surface area contributed by atoms with E-state index in [0.717, 1.165) is 11.1 Å². The molecule has 0 radical (unpaired) electrons. The summed E-state index contributed by atoms with van der Waals surface area (Å²) in [5.41, 5.74) is 1.64. The van der Waals surface area contributed by atoms with Crippen LogP contribution in [0.25, 0.3) is 0 Å². The number of amides is 2. The predicted molar refractivity (Wildman–Crippen MR) is 114 cm³/mol. The molecule has 2 aromatic carbocycles. The maximum atomic E-state index is 13.0. The third-order valence-corrected chi connectivity index (χ3v) is 6.48. The van der Waals surface area contributed by atoms with E-state index >= 15 is 0 Å². The molecule has 0 aliphatic carbocycles. The van der Waals surface area contributed by atoms with Crippen LogP contribution in [0.1, 0.15) is 25.0 Å². The number of Topliss-reactive ketones (excluding diaryl/α,β-unsaturated/α-hetero) is 1. The van der Waals surface area contributed by atoms with Crippen LogP contribution < -0.4 is 15.4 Å². The number of carbonyl (C=O) groups excluding carboxylic acids is 3. The van der Waals surface area contributed by atoms with Gasteiger partial charge in [0.2, 0.25) is 21.7 Å². The summed E-state index contributed by atoms with van der Waals surface area (Å²) < 4.78 is 27.8. The summed E-state index contributed by atoms with van der Waals surface area (Å²) in [5, 5.41) is 5.13. The minimum Gasteiger partial charge on any atom is -0.345 e. The van der Waals surface area contributed by atoms with Crippen LogP contribution in [0.15, 0.2) is 59.5 Å². The Morgan fingerprint density at radius 3 is 2.39 bits per heavy atom. The van der Waals surface area contributed by atoms with Crippen molar-refractivity contribution in [3.63, 3.8) is 0 Å². The average Bonchev–Trinajstić information content (AvgIpc) is 2.78. The predicted octanol–water partition coefficient (Wildman–Crippen LogP) is 0.916. The van der Waals surface area contributed by atoms with E-state index in [-0.39, 0.29) is 17.9 Å². The molecule has 0 spiro atoms. The largest absolute Gasteiger partial charge is 0.345 e. The Morgan fingerprint density at radius 1 is 1.03 bits per heavy atom. The second kappa shape index (κ2) is 9.40. The van der Waals surface area contributed by atoms with Gasteiger partial charge in [-0.25, -0.2) is 8.42 Å². The van der Waals surface area contributed by atoms with Gasteiger partial charge in [0, 0.05) is 13.0 Å². The Bertz CT molecular complexity index is 1080. The van der Waals surface area contributed by atoms with E-state index in [2.05, 4.69) is 15.4 Å². The van der Waals surface area contributed by atoms with Crippen molar-refractivity contribution < 1.29 is 22.8 Å². The second-order valence-corrected chi connectivity index (χ2v) is 9.50. The van der Waals surface area contributed by atoms with E-state index in [1.54, 1.807) is 32.0 Å². The fraction of sp³-hybridized carbons (Fsp3) is 0.318. The van der Waals surface area contributed by atoms with E-state index in [1.807, 2.05) is 24.3 Å². The van der Waals surface area contributed by atoms with Gasteiger partial charge in [0.05, 0.1) is 4.90 Å². The third kappa shape index (κ3) is 5.56. The summed E-state index contributed by atoms with van der Waals surface area (Å²) in [6.07, 6.45) is 0.127. The number of carbonyl (C=O) groups is 3. The van der Waals surface area contributed by atoms with Gasteiger partial charge in [0.25, 0.3) is 5.91 Å². The van der Waals surface area contributed by atoms with Gasteiger partial charge in [0.1, 0.15) is 12.1 Å². The van der Waals surface area contributed by atoms with Crippen molar-refractivity contribution in [1.82, 2.24) is 15.4 Å². The molecule has 2 atom stereocenters. The standard InChI is InChI=1S/C22H25N3O5S/c1-14(2)19(25-31(29,30)17-9-4-3-5-10-17)21(27)24-18-12-15-7-6-8-16(11-15)13-23-22(28)20(18)26/h3-11,14,18-19,25H,12-13H2,1-2H3,(H,23,28)(H,24,27). The maximum Gasteiger partial charge on any atom is 0.289 e. The Morgan fingerprint density at radius 2 is 1.71 bits per heavy atom. The number of fused-ring (bicyclic) bond motifs is 2. The zero-order valence-electron chi connectivity index (χ0n) is 17.3. The van der Waals surface area contributed by atoms with Gasteiger partial charge in [-0.15, -0.1) is 0 Å². The summed E-state index contributed by atoms with van der Waals surface area (Å²) >= 11 is 0. The lowest BCUT2D eigenvalue weighted by molar-refractivity contribution is -0.140. The second-order valence-electron chi connectivity index (χ2n) is 7.79. The zero-order chi connectivity index (χ0) is 22.6. The topological polar surface area (TPSA) is 121 Å². The molecule has 2 unspecified atom stereocenters. The number of hydrogen-bond acceptors (Lipinski definition) is 5. The first-order chi connectivity index (χ1) is 14.7. The summed E-state index contributed by atoms with van der Waals surface area (Å²) in [5.74, 6) is -2.64. The molecule has 2 aromatic rings. The smallest absolute Gasteiger partial charge is 0.289 e. The normalized spacial score (nSPS) is 17.8. The summed E-state index contributed by atoms with van der Waals surface area (Å²) in [6, 6.07) is 12.8. The molecule has 31 heavy (non-hydrogen) atoms. The first kappa shape index (κ1) is 22.6. The molecule has 9 heteroatoms. The molecule has 0 saturated carbocycles. The van der Waals surface area contributed by atoms with Crippen molar-refractivity contribution in [2.24, 2.45) is 5.92 Å². The molecule has 1 heterocycles. The highest BCUT2D eigenvalue weighted by molar-refractivity contribution is 7.89. The fourth-order valence-corrected chi connectivity index (χ4v) is 4.69. The first-order valence-corrected chi connectivity index (χ1v) is 11.4. The number of benzene rings is 2. The van der Waals surface area contributed by atoms with E-state index in [4.69, 9.17) is 0 Å². The lowest BCUT2D eigenvalue weighted by atomic mass is 9.99. The van der Waals surface area contributed by atoms with Crippen LogP contribution in [0.4, 0.5) is 0 Å². The van der Waals surface area contributed by atoms with E-state index in [9.17, 15) is 22.8 Å². The molecule has 2 bridgehead atoms. The molecule has 2 amide bonds. The Labute approximate surface area is 181 Å². The highest BCUT2D eigenvalue weighted by atomic mass is 32.2. The average molecular weight is 444 g/mol. The minimum atomic E-state index is -3.95. The van der Waals surface area contributed by atoms with Crippen LogP contribution in [0.2, 0.25) is 0 Å². The van der Waals surface area contributed by atoms with Crippen molar-refractivity contribution in [2.45, 2.75) is 43.8 Å². The zero-order valence-corrected chi connectivity index (χ0v) is 18.1. The van der Waals surface area contributed by atoms with E-state index in [1.165, 1.54) is 12.1 Å². The highest BCUT2D eigenvalue weighted by Crippen LogP contribution is 2.14. The van der Waals surface area contributed by atoms with Gasteiger partial charge in [-0.2, -0.15) is 4.72 Å². The van der Waals surface area contributed by atoms with Crippen molar-refractivity contribution in [3.8, 4) is 0 Å². The number of nitrogens with one attached hydrogen (secondary N) is 3. The van der Waals surface area contributed by atoms with Crippen LogP contribution in [-0.4, -0.2) is 38.1 Å². The quantitative estimate of drug-likeness (QED) is 0.573. The molecule has 0 saturated heterocycles. The Hall–Kier alpha value is -3.04. The van der Waals surface area contributed by atoms with Gasteiger partial charge >= 0.3 is 0 Å². The Kier molecular flexibility index (Phi) is 6.87. The van der Waals surface area contributed by atoms with E-state index < -0.39 is 45.6 Å². The molecule has 0 aromatic heterocycles. The fourth-order valence-electron chi connectivity index (χ4n) is 3.33. The van der Waals surface area contributed by atoms with Gasteiger partial charge in [-0.1, -0.05) is 56.3 Å². The molecule has 3 N–H and O–H groups in total. The lowest BCUT2D eigenvalue weighted by Crippen LogP contribution is -2.55. The molecule has 1 aliphatic rings. The molecule has 1 aliphatic heterocycles. The first-order valence-electron chi connectivity index (χ1n) is 9.95. The van der Waals surface area contributed by atoms with Crippen LogP contribution in [0.5, 0.6) is 0 Å². The summed E-state index contributed by atoms with van der Waals surface area (Å²) in [7, 11) is -3.95. The van der Waals surface area contributed by atoms with Crippen molar-refractivity contribution in [2.75, 3.05) is 0 Å². The van der Waals surface area contributed by atoms with Crippen LogP contribution in [0.3, 0.4) is 0 Å². The highest BCUT2D eigenvalue weighted by Gasteiger charge is 2.33. The molecular formula is C22H25N3O5S. The number of rotatable bonds is 6. The van der Waals surface area contributed by atoms with Gasteiger partial charge < -0.3 is 10.6 Å². The SMILES string of the molecule is CC(C)C(NS(=O)(=O)c1ccccc1)C(=O)NC1Cc2cccc(c2)CNC(=O)C1=O. The van der Waals surface area contributed by atoms with Crippen molar-refractivity contribution >= 4 is 27.6 Å². The van der Waals surface area contributed by atoms with Crippen LogP contribution in [0, 0.1) is 5.92 Å². The molecular weight excluding hydrogens is 418 g/mol. The molecule has 3 rings (SSSR count). The third-order valence-electron chi connectivity index (χ3n) is 5.03. The van der Waals surface area contributed by atoms with Gasteiger partial charge in [-0.3, -0.25) is 14.4 Å². The van der Waals surface area contributed by atoms with Crippen LogP contribution in [-0.2, 0) is 37.4 Å². The van der Waals surface area contributed by atoms with Crippen molar-refractivity contribution in [1.29, 1.82) is 0 Å². The van der Waals surface area contributed by atoms with Gasteiger partial charge in [-0.05, 0) is 29.2 Å².